The maximum atomic E-state index is 12.1. The minimum absolute atomic E-state index is 0.0867. The van der Waals surface area contributed by atoms with Crippen molar-refractivity contribution >= 4 is 12.0 Å². The first-order chi connectivity index (χ1) is 7.43. The predicted molar refractivity (Wildman–Crippen MR) is 60.3 cm³/mol. The van der Waals surface area contributed by atoms with Gasteiger partial charge < -0.3 is 14.9 Å². The highest BCUT2D eigenvalue weighted by molar-refractivity contribution is 5.80. The number of carbonyl (C=O) groups excluding carboxylic acids is 1. The van der Waals surface area contributed by atoms with Crippen molar-refractivity contribution in [3.8, 4) is 0 Å². The molecule has 1 fully saturated rings. The quantitative estimate of drug-likeness (QED) is 0.794. The summed E-state index contributed by atoms with van der Waals surface area (Å²) < 4.78 is 0. The van der Waals surface area contributed by atoms with Crippen molar-refractivity contribution in [1.29, 1.82) is 0 Å². The second kappa shape index (κ2) is 5.18. The molecule has 5 nitrogen and oxygen atoms in total. The highest BCUT2D eigenvalue weighted by atomic mass is 16.4. The Bertz CT molecular complexity index is 278. The van der Waals surface area contributed by atoms with Crippen molar-refractivity contribution in [2.45, 2.75) is 45.7 Å². The normalized spacial score (nSPS) is 20.2. The number of urea groups is 1. The molecule has 0 saturated carbocycles. The van der Waals surface area contributed by atoms with Gasteiger partial charge in [0.15, 0.2) is 0 Å². The topological polar surface area (TPSA) is 60.9 Å². The van der Waals surface area contributed by atoms with Crippen molar-refractivity contribution in [3.05, 3.63) is 0 Å². The molecule has 1 atom stereocenters. The van der Waals surface area contributed by atoms with Gasteiger partial charge in [0.2, 0.25) is 0 Å². The van der Waals surface area contributed by atoms with Crippen LogP contribution in [0.25, 0.3) is 0 Å². The van der Waals surface area contributed by atoms with E-state index in [4.69, 9.17) is 5.11 Å². The smallest absolute Gasteiger partial charge is 0.323 e. The minimum Gasteiger partial charge on any atom is -0.480 e. The third-order valence-corrected chi connectivity index (χ3v) is 2.97. The Morgan fingerprint density at radius 2 is 2.12 bits per heavy atom. The molecule has 0 spiro atoms. The van der Waals surface area contributed by atoms with Gasteiger partial charge in [-0.3, -0.25) is 4.79 Å². The molecule has 0 aromatic heterocycles. The van der Waals surface area contributed by atoms with Gasteiger partial charge in [-0.15, -0.1) is 0 Å². The van der Waals surface area contributed by atoms with Gasteiger partial charge in [-0.05, 0) is 33.6 Å². The van der Waals surface area contributed by atoms with E-state index in [9.17, 15) is 9.59 Å². The number of carboxylic acids is 1. The molecule has 1 aliphatic rings. The molecule has 2 amide bonds. The average molecular weight is 228 g/mol. The molecule has 1 aliphatic heterocycles. The van der Waals surface area contributed by atoms with Crippen LogP contribution in [0.15, 0.2) is 0 Å². The summed E-state index contributed by atoms with van der Waals surface area (Å²) in [7, 11) is 0. The highest BCUT2D eigenvalue weighted by Gasteiger charge is 2.30. The Morgan fingerprint density at radius 3 is 2.50 bits per heavy atom. The van der Waals surface area contributed by atoms with Gasteiger partial charge in [-0.1, -0.05) is 0 Å². The standard InChI is InChI=1S/C11H20N2O3/c1-8(2)13(7-10(14)15)11(16)12-6-4-5-9(12)3/h8-9H,4-7H2,1-3H3,(H,14,15). The Kier molecular flexibility index (Phi) is 4.15. The average Bonchev–Trinajstić information content (AvgIpc) is 2.59. The Balaban J connectivity index is 2.70. The van der Waals surface area contributed by atoms with Crippen LogP contribution in [-0.4, -0.2) is 52.1 Å². The molecule has 1 unspecified atom stereocenters. The van der Waals surface area contributed by atoms with E-state index in [0.29, 0.717) is 0 Å². The summed E-state index contributed by atoms with van der Waals surface area (Å²) in [5, 5.41) is 8.78. The Labute approximate surface area is 96.0 Å². The zero-order valence-electron chi connectivity index (χ0n) is 10.1. The molecular formula is C11H20N2O3. The highest BCUT2D eigenvalue weighted by Crippen LogP contribution is 2.19. The van der Waals surface area contributed by atoms with E-state index in [1.165, 1.54) is 4.90 Å². The first kappa shape index (κ1) is 12.8. The van der Waals surface area contributed by atoms with Crippen molar-refractivity contribution in [2.75, 3.05) is 13.1 Å². The van der Waals surface area contributed by atoms with E-state index in [1.807, 2.05) is 20.8 Å². The summed E-state index contributed by atoms with van der Waals surface area (Å²) >= 11 is 0. The predicted octanol–water partition coefficient (Wildman–Crippen LogP) is 1.39. The lowest BCUT2D eigenvalue weighted by Crippen LogP contribution is -2.49. The van der Waals surface area contributed by atoms with Gasteiger partial charge in [-0.25, -0.2) is 4.79 Å². The number of likely N-dealkylation sites (tertiary alicyclic amines) is 1. The molecule has 0 aromatic carbocycles. The zero-order chi connectivity index (χ0) is 12.3. The molecule has 0 bridgehead atoms. The van der Waals surface area contributed by atoms with Gasteiger partial charge in [0.25, 0.3) is 0 Å². The maximum absolute atomic E-state index is 12.1. The van der Waals surface area contributed by atoms with Crippen LogP contribution in [0.5, 0.6) is 0 Å². The largest absolute Gasteiger partial charge is 0.480 e. The molecular weight excluding hydrogens is 208 g/mol. The number of amides is 2. The van der Waals surface area contributed by atoms with Crippen molar-refractivity contribution in [2.24, 2.45) is 0 Å². The summed E-state index contributed by atoms with van der Waals surface area (Å²) in [5.74, 6) is -0.964. The van der Waals surface area contributed by atoms with Crippen LogP contribution in [0.3, 0.4) is 0 Å². The van der Waals surface area contributed by atoms with E-state index in [0.717, 1.165) is 19.4 Å². The number of hydrogen-bond donors (Lipinski definition) is 1. The molecule has 16 heavy (non-hydrogen) atoms. The number of rotatable bonds is 3. The van der Waals surface area contributed by atoms with Gasteiger partial charge in [-0.2, -0.15) is 0 Å². The lowest BCUT2D eigenvalue weighted by atomic mass is 10.2. The minimum atomic E-state index is -0.964. The van der Waals surface area contributed by atoms with E-state index in [2.05, 4.69) is 0 Å². The second-order valence-corrected chi connectivity index (χ2v) is 4.58. The first-order valence-corrected chi connectivity index (χ1v) is 5.72. The molecule has 0 aromatic rings. The number of aliphatic carboxylic acids is 1. The fraction of sp³-hybridized carbons (Fsp3) is 0.818. The molecule has 1 heterocycles. The number of nitrogens with zero attached hydrogens (tertiary/aromatic N) is 2. The van der Waals surface area contributed by atoms with Crippen LogP contribution >= 0.6 is 0 Å². The van der Waals surface area contributed by atoms with Crippen molar-refractivity contribution < 1.29 is 14.7 Å². The van der Waals surface area contributed by atoms with Crippen molar-refractivity contribution in [3.63, 3.8) is 0 Å². The summed E-state index contributed by atoms with van der Waals surface area (Å²) in [4.78, 5) is 26.0. The van der Waals surface area contributed by atoms with Crippen LogP contribution in [0.2, 0.25) is 0 Å². The lowest BCUT2D eigenvalue weighted by molar-refractivity contribution is -0.138. The Morgan fingerprint density at radius 1 is 1.50 bits per heavy atom. The SMILES string of the molecule is CC(C)N(CC(=O)O)C(=O)N1CCCC1C. The summed E-state index contributed by atoms with van der Waals surface area (Å²) in [6.07, 6.45) is 2.01. The van der Waals surface area contributed by atoms with E-state index < -0.39 is 5.97 Å². The summed E-state index contributed by atoms with van der Waals surface area (Å²) in [5.41, 5.74) is 0. The Hall–Kier alpha value is -1.26. The second-order valence-electron chi connectivity index (χ2n) is 4.58. The van der Waals surface area contributed by atoms with Gasteiger partial charge in [0, 0.05) is 18.6 Å². The summed E-state index contributed by atoms with van der Waals surface area (Å²) in [6.45, 7) is 6.19. The van der Waals surface area contributed by atoms with Gasteiger partial charge in [0.1, 0.15) is 6.54 Å². The van der Waals surface area contributed by atoms with Crippen LogP contribution in [0.4, 0.5) is 4.79 Å². The van der Waals surface area contributed by atoms with Crippen LogP contribution in [0, 0.1) is 0 Å². The molecule has 1 rings (SSSR count). The molecule has 0 aliphatic carbocycles. The lowest BCUT2D eigenvalue weighted by Gasteiger charge is -2.32. The number of carbonyl (C=O) groups is 2. The van der Waals surface area contributed by atoms with Crippen LogP contribution in [0.1, 0.15) is 33.6 Å². The van der Waals surface area contributed by atoms with Crippen molar-refractivity contribution in [1.82, 2.24) is 9.80 Å². The molecule has 92 valence electrons. The van der Waals surface area contributed by atoms with E-state index in [-0.39, 0.29) is 24.7 Å². The third kappa shape index (κ3) is 2.87. The fourth-order valence-corrected chi connectivity index (χ4v) is 2.00. The fourth-order valence-electron chi connectivity index (χ4n) is 2.00. The van der Waals surface area contributed by atoms with E-state index >= 15 is 0 Å². The van der Waals surface area contributed by atoms with Crippen LogP contribution < -0.4 is 0 Å². The summed E-state index contributed by atoms with van der Waals surface area (Å²) in [6, 6.07) is -0.0126. The third-order valence-electron chi connectivity index (χ3n) is 2.97. The van der Waals surface area contributed by atoms with Crippen LogP contribution in [-0.2, 0) is 4.79 Å². The molecule has 1 N–H and O–H groups in total. The zero-order valence-corrected chi connectivity index (χ0v) is 10.1. The number of carboxylic acid groups (broad SMARTS) is 1. The first-order valence-electron chi connectivity index (χ1n) is 5.72. The number of hydrogen-bond acceptors (Lipinski definition) is 2. The van der Waals surface area contributed by atoms with E-state index in [1.54, 1.807) is 4.90 Å². The molecule has 0 radical (unpaired) electrons. The molecule has 1 saturated heterocycles. The van der Waals surface area contributed by atoms with Gasteiger partial charge in [0.05, 0.1) is 0 Å². The molecule has 5 heteroatoms. The monoisotopic (exact) mass is 228 g/mol. The maximum Gasteiger partial charge on any atom is 0.323 e. The van der Waals surface area contributed by atoms with Gasteiger partial charge >= 0.3 is 12.0 Å².